The average Bonchev–Trinajstić information content (AvgIpc) is 2.43. The van der Waals surface area contributed by atoms with Crippen LogP contribution in [0.1, 0.15) is 6.42 Å². The predicted molar refractivity (Wildman–Crippen MR) is 70.9 cm³/mol. The van der Waals surface area contributed by atoms with Crippen molar-refractivity contribution >= 4 is 10.8 Å². The summed E-state index contributed by atoms with van der Waals surface area (Å²) in [5, 5.41) is 21.2. The average molecular weight is 260 g/mol. The SMILES string of the molecule is O[C@@H]1CO[C@@H](Oc2ccc3ccccc3c2)C[C@H]1O. The second-order valence-corrected chi connectivity index (χ2v) is 4.76. The van der Waals surface area contributed by atoms with Gasteiger partial charge < -0.3 is 19.7 Å². The highest BCUT2D eigenvalue weighted by Gasteiger charge is 2.29. The summed E-state index contributed by atoms with van der Waals surface area (Å²) < 4.78 is 11.0. The van der Waals surface area contributed by atoms with E-state index in [1.165, 1.54) is 0 Å². The third-order valence-corrected chi connectivity index (χ3v) is 3.32. The zero-order chi connectivity index (χ0) is 13.2. The van der Waals surface area contributed by atoms with Crippen LogP contribution in [0.15, 0.2) is 42.5 Å². The monoisotopic (exact) mass is 260 g/mol. The molecule has 4 nitrogen and oxygen atoms in total. The van der Waals surface area contributed by atoms with Crippen molar-refractivity contribution < 1.29 is 19.7 Å². The van der Waals surface area contributed by atoms with E-state index < -0.39 is 18.5 Å². The van der Waals surface area contributed by atoms with Crippen molar-refractivity contribution in [2.24, 2.45) is 0 Å². The second-order valence-electron chi connectivity index (χ2n) is 4.76. The van der Waals surface area contributed by atoms with Crippen molar-refractivity contribution in [2.45, 2.75) is 24.9 Å². The van der Waals surface area contributed by atoms with Gasteiger partial charge in [-0.1, -0.05) is 30.3 Å². The maximum Gasteiger partial charge on any atom is 0.202 e. The summed E-state index contributed by atoms with van der Waals surface area (Å²) in [5.41, 5.74) is 0. The first-order valence-corrected chi connectivity index (χ1v) is 6.35. The largest absolute Gasteiger partial charge is 0.465 e. The van der Waals surface area contributed by atoms with Crippen LogP contribution >= 0.6 is 0 Å². The number of ether oxygens (including phenoxy) is 2. The molecule has 4 heteroatoms. The molecule has 0 bridgehead atoms. The minimum absolute atomic E-state index is 0.0966. The molecule has 1 heterocycles. The number of fused-ring (bicyclic) bond motifs is 1. The van der Waals surface area contributed by atoms with Gasteiger partial charge in [0.1, 0.15) is 11.9 Å². The fourth-order valence-corrected chi connectivity index (χ4v) is 2.21. The number of rotatable bonds is 2. The van der Waals surface area contributed by atoms with Crippen LogP contribution in [0, 0.1) is 0 Å². The van der Waals surface area contributed by atoms with Gasteiger partial charge in [-0.3, -0.25) is 0 Å². The molecule has 2 N–H and O–H groups in total. The van der Waals surface area contributed by atoms with E-state index >= 15 is 0 Å². The number of aliphatic hydroxyl groups is 2. The Morgan fingerprint density at radius 2 is 1.79 bits per heavy atom. The summed E-state index contributed by atoms with van der Waals surface area (Å²) in [5.74, 6) is 0.701. The Bertz CT molecular complexity index is 569. The Kier molecular flexibility index (Phi) is 3.38. The van der Waals surface area contributed by atoms with Gasteiger partial charge in [0.15, 0.2) is 0 Å². The molecule has 0 unspecified atom stereocenters. The lowest BCUT2D eigenvalue weighted by Crippen LogP contribution is -2.43. The zero-order valence-corrected chi connectivity index (χ0v) is 10.4. The van der Waals surface area contributed by atoms with Crippen molar-refractivity contribution in [3.8, 4) is 5.75 Å². The van der Waals surface area contributed by atoms with Gasteiger partial charge >= 0.3 is 0 Å². The molecule has 19 heavy (non-hydrogen) atoms. The third kappa shape index (κ3) is 2.71. The lowest BCUT2D eigenvalue weighted by molar-refractivity contribution is -0.182. The molecule has 1 aliphatic heterocycles. The normalized spacial score (nSPS) is 27.4. The summed E-state index contributed by atoms with van der Waals surface area (Å²) in [7, 11) is 0. The van der Waals surface area contributed by atoms with E-state index in [1.54, 1.807) is 0 Å². The molecule has 1 aliphatic rings. The Morgan fingerprint density at radius 3 is 2.58 bits per heavy atom. The Morgan fingerprint density at radius 1 is 1.00 bits per heavy atom. The third-order valence-electron chi connectivity index (χ3n) is 3.32. The molecule has 100 valence electrons. The highest BCUT2D eigenvalue weighted by atomic mass is 16.7. The highest BCUT2D eigenvalue weighted by molar-refractivity contribution is 5.83. The summed E-state index contributed by atoms with van der Waals surface area (Å²) in [6, 6.07) is 13.8. The molecule has 0 aromatic heterocycles. The van der Waals surface area contributed by atoms with Crippen LogP contribution in [0.5, 0.6) is 5.75 Å². The molecule has 2 aromatic carbocycles. The Hall–Kier alpha value is -1.62. The highest BCUT2D eigenvalue weighted by Crippen LogP contribution is 2.24. The quantitative estimate of drug-likeness (QED) is 0.862. The molecule has 0 radical (unpaired) electrons. The number of hydrogen-bond donors (Lipinski definition) is 2. The fourth-order valence-electron chi connectivity index (χ4n) is 2.21. The number of hydrogen-bond acceptors (Lipinski definition) is 4. The van der Waals surface area contributed by atoms with E-state index in [-0.39, 0.29) is 13.0 Å². The lowest BCUT2D eigenvalue weighted by Gasteiger charge is -2.30. The van der Waals surface area contributed by atoms with Crippen LogP contribution in [-0.2, 0) is 4.74 Å². The van der Waals surface area contributed by atoms with Crippen LogP contribution < -0.4 is 4.74 Å². The first-order chi connectivity index (χ1) is 9.22. The molecule has 1 fully saturated rings. The van der Waals surface area contributed by atoms with E-state index in [9.17, 15) is 10.2 Å². The maximum absolute atomic E-state index is 9.59. The smallest absolute Gasteiger partial charge is 0.202 e. The fraction of sp³-hybridized carbons (Fsp3) is 0.333. The zero-order valence-electron chi connectivity index (χ0n) is 10.4. The summed E-state index contributed by atoms with van der Waals surface area (Å²) in [4.78, 5) is 0. The first-order valence-electron chi connectivity index (χ1n) is 6.35. The van der Waals surface area contributed by atoms with E-state index in [0.717, 1.165) is 10.8 Å². The maximum atomic E-state index is 9.59. The summed E-state index contributed by atoms with van der Waals surface area (Å²) in [6.07, 6.45) is -1.86. The van der Waals surface area contributed by atoms with Gasteiger partial charge in [0.2, 0.25) is 6.29 Å². The molecule has 2 aromatic rings. The first kappa shape index (κ1) is 12.4. The minimum atomic E-state index is -0.823. The van der Waals surface area contributed by atoms with Gasteiger partial charge in [0.25, 0.3) is 0 Å². The molecule has 0 aliphatic carbocycles. The Labute approximate surface area is 111 Å². The predicted octanol–water partition coefficient (Wildman–Crippen LogP) is 1.69. The molecular formula is C15H16O4. The molecule has 0 amide bonds. The van der Waals surface area contributed by atoms with Gasteiger partial charge in [-0.2, -0.15) is 0 Å². The van der Waals surface area contributed by atoms with Crippen LogP contribution in [0.2, 0.25) is 0 Å². The van der Waals surface area contributed by atoms with Crippen LogP contribution in [0.4, 0.5) is 0 Å². The van der Waals surface area contributed by atoms with E-state index in [2.05, 4.69) is 0 Å². The van der Waals surface area contributed by atoms with Gasteiger partial charge in [-0.25, -0.2) is 0 Å². The second kappa shape index (κ2) is 5.17. The van der Waals surface area contributed by atoms with Crippen molar-refractivity contribution in [3.05, 3.63) is 42.5 Å². The number of benzene rings is 2. The topological polar surface area (TPSA) is 58.9 Å². The number of aliphatic hydroxyl groups excluding tert-OH is 2. The molecule has 0 saturated carbocycles. The molecule has 0 spiro atoms. The minimum Gasteiger partial charge on any atom is -0.465 e. The van der Waals surface area contributed by atoms with Crippen LogP contribution in [0.3, 0.4) is 0 Å². The van der Waals surface area contributed by atoms with Crippen molar-refractivity contribution in [1.29, 1.82) is 0 Å². The van der Waals surface area contributed by atoms with Gasteiger partial charge in [0, 0.05) is 6.42 Å². The summed E-state index contributed by atoms with van der Waals surface area (Å²) in [6.45, 7) is 0.0966. The van der Waals surface area contributed by atoms with Gasteiger partial charge in [-0.15, -0.1) is 0 Å². The Balaban J connectivity index is 1.74. The van der Waals surface area contributed by atoms with Crippen molar-refractivity contribution in [2.75, 3.05) is 6.61 Å². The lowest BCUT2D eigenvalue weighted by atomic mass is 10.1. The van der Waals surface area contributed by atoms with Crippen LogP contribution in [-0.4, -0.2) is 35.3 Å². The van der Waals surface area contributed by atoms with Gasteiger partial charge in [0.05, 0.1) is 12.7 Å². The van der Waals surface area contributed by atoms with Crippen molar-refractivity contribution in [3.63, 3.8) is 0 Å². The van der Waals surface area contributed by atoms with E-state index in [4.69, 9.17) is 9.47 Å². The summed E-state index contributed by atoms with van der Waals surface area (Å²) >= 11 is 0. The van der Waals surface area contributed by atoms with E-state index in [0.29, 0.717) is 5.75 Å². The van der Waals surface area contributed by atoms with Gasteiger partial charge in [-0.05, 0) is 22.9 Å². The van der Waals surface area contributed by atoms with Crippen LogP contribution in [0.25, 0.3) is 10.8 Å². The molecule has 3 atom stereocenters. The van der Waals surface area contributed by atoms with Crippen molar-refractivity contribution in [1.82, 2.24) is 0 Å². The standard InChI is InChI=1S/C15H16O4/c16-13-8-15(18-9-14(13)17)19-12-6-5-10-3-1-2-4-11(10)7-12/h1-7,13-17H,8-9H2/t13-,14-,15+/m1/s1. The molecular weight excluding hydrogens is 244 g/mol. The molecule has 3 rings (SSSR count). The molecule has 1 saturated heterocycles. The van der Waals surface area contributed by atoms with E-state index in [1.807, 2.05) is 42.5 Å².